The van der Waals surface area contributed by atoms with Crippen molar-refractivity contribution in [3.8, 4) is 11.1 Å². The molecular formula is C21H21N3O3S. The van der Waals surface area contributed by atoms with Crippen LogP contribution in [0.5, 0.6) is 0 Å². The van der Waals surface area contributed by atoms with Gasteiger partial charge >= 0.3 is 0 Å². The summed E-state index contributed by atoms with van der Waals surface area (Å²) in [6, 6.07) is 9.07. The molecule has 1 N–H and O–H groups in total. The molecule has 1 saturated heterocycles. The summed E-state index contributed by atoms with van der Waals surface area (Å²) in [5, 5.41) is 4.69. The van der Waals surface area contributed by atoms with E-state index in [1.165, 1.54) is 17.4 Å². The Hall–Kier alpha value is -2.90. The molecule has 0 saturated carbocycles. The molecule has 3 heterocycles. The van der Waals surface area contributed by atoms with E-state index in [4.69, 9.17) is 4.42 Å². The summed E-state index contributed by atoms with van der Waals surface area (Å²) < 4.78 is 6.80. The van der Waals surface area contributed by atoms with Crippen molar-refractivity contribution in [3.63, 3.8) is 0 Å². The maximum Gasteiger partial charge on any atom is 0.247 e. The van der Waals surface area contributed by atoms with Crippen molar-refractivity contribution in [3.05, 3.63) is 58.6 Å². The summed E-state index contributed by atoms with van der Waals surface area (Å²) in [6.07, 6.45) is 1.23. The summed E-state index contributed by atoms with van der Waals surface area (Å²) >= 11 is 1.38. The van der Waals surface area contributed by atoms with Gasteiger partial charge in [-0.1, -0.05) is 18.7 Å². The average molecular weight is 395 g/mol. The predicted molar refractivity (Wildman–Crippen MR) is 114 cm³/mol. The lowest BCUT2D eigenvalue weighted by atomic mass is 10.1. The highest BCUT2D eigenvalue weighted by molar-refractivity contribution is 7.17. The van der Waals surface area contributed by atoms with Gasteiger partial charge in [0.25, 0.3) is 0 Å². The molecule has 1 aromatic carbocycles. The van der Waals surface area contributed by atoms with Crippen molar-refractivity contribution in [2.45, 2.75) is 0 Å². The Bertz CT molecular complexity index is 1090. The van der Waals surface area contributed by atoms with Crippen molar-refractivity contribution >= 4 is 39.1 Å². The highest BCUT2D eigenvalue weighted by atomic mass is 32.1. The Balaban J connectivity index is 1.74. The topological polar surface area (TPSA) is 65.8 Å². The Morgan fingerprint density at radius 2 is 2.04 bits per heavy atom. The highest BCUT2D eigenvalue weighted by Crippen LogP contribution is 2.35. The summed E-state index contributed by atoms with van der Waals surface area (Å²) in [7, 11) is 2.09. The first-order valence-corrected chi connectivity index (χ1v) is 9.96. The van der Waals surface area contributed by atoms with E-state index in [-0.39, 0.29) is 11.3 Å². The van der Waals surface area contributed by atoms with E-state index >= 15 is 0 Å². The molecule has 1 fully saturated rings. The van der Waals surface area contributed by atoms with Crippen LogP contribution in [0.25, 0.3) is 21.4 Å². The van der Waals surface area contributed by atoms with Gasteiger partial charge in [-0.2, -0.15) is 0 Å². The largest absolute Gasteiger partial charge is 0.439 e. The third-order valence-electron chi connectivity index (χ3n) is 4.87. The van der Waals surface area contributed by atoms with Crippen LogP contribution in [0.4, 0.5) is 11.6 Å². The van der Waals surface area contributed by atoms with Gasteiger partial charge in [0, 0.05) is 48.9 Å². The summed E-state index contributed by atoms with van der Waals surface area (Å²) in [4.78, 5) is 28.6. The Morgan fingerprint density at radius 1 is 1.25 bits per heavy atom. The van der Waals surface area contributed by atoms with Gasteiger partial charge in [0.15, 0.2) is 11.5 Å². The quantitative estimate of drug-likeness (QED) is 0.686. The van der Waals surface area contributed by atoms with Gasteiger partial charge in [-0.25, -0.2) is 0 Å². The maximum atomic E-state index is 12.6. The van der Waals surface area contributed by atoms with E-state index < -0.39 is 0 Å². The number of carbonyl (C=O) groups is 1. The van der Waals surface area contributed by atoms with Crippen LogP contribution in [-0.2, 0) is 4.79 Å². The minimum absolute atomic E-state index is 0.0254. The molecular weight excluding hydrogens is 374 g/mol. The summed E-state index contributed by atoms with van der Waals surface area (Å²) in [6.45, 7) is 6.99. The fourth-order valence-electron chi connectivity index (χ4n) is 3.27. The number of nitrogens with zero attached hydrogens (tertiary/aromatic N) is 2. The van der Waals surface area contributed by atoms with Gasteiger partial charge in [-0.3, -0.25) is 9.59 Å². The fourth-order valence-corrected chi connectivity index (χ4v) is 4.18. The number of thiophene rings is 1. The summed E-state index contributed by atoms with van der Waals surface area (Å²) in [5.74, 6) is 0.345. The van der Waals surface area contributed by atoms with Gasteiger partial charge in [-0.15, -0.1) is 11.3 Å². The lowest BCUT2D eigenvalue weighted by Gasteiger charge is -2.32. The highest BCUT2D eigenvalue weighted by Gasteiger charge is 2.20. The number of likely N-dealkylation sites (N-methyl/N-ethyl adjacent to an activating group) is 1. The van der Waals surface area contributed by atoms with E-state index in [1.807, 2.05) is 29.6 Å². The van der Waals surface area contributed by atoms with Crippen molar-refractivity contribution in [1.82, 2.24) is 4.90 Å². The smallest absolute Gasteiger partial charge is 0.247 e. The van der Waals surface area contributed by atoms with Crippen LogP contribution < -0.4 is 15.6 Å². The van der Waals surface area contributed by atoms with Crippen LogP contribution in [0.15, 0.2) is 57.6 Å². The van der Waals surface area contributed by atoms with Gasteiger partial charge in [0.1, 0.15) is 4.70 Å². The molecule has 3 aromatic rings. The lowest BCUT2D eigenvalue weighted by molar-refractivity contribution is -0.111. The van der Waals surface area contributed by atoms with Crippen molar-refractivity contribution in [1.29, 1.82) is 0 Å². The number of amides is 1. The third kappa shape index (κ3) is 3.58. The maximum absolute atomic E-state index is 12.6. The average Bonchev–Trinajstić information content (AvgIpc) is 3.13. The van der Waals surface area contributed by atoms with E-state index in [0.717, 1.165) is 37.3 Å². The summed E-state index contributed by atoms with van der Waals surface area (Å²) in [5.41, 5.74) is 2.97. The van der Waals surface area contributed by atoms with Gasteiger partial charge in [-0.05, 0) is 30.8 Å². The Morgan fingerprint density at radius 3 is 2.79 bits per heavy atom. The van der Waals surface area contributed by atoms with Crippen molar-refractivity contribution in [2.75, 3.05) is 43.4 Å². The number of piperazine rings is 1. The third-order valence-corrected chi connectivity index (χ3v) is 5.85. The molecule has 0 spiro atoms. The predicted octanol–water partition coefficient (Wildman–Crippen LogP) is 3.40. The second-order valence-electron chi connectivity index (χ2n) is 6.82. The Labute approximate surface area is 166 Å². The Kier molecular flexibility index (Phi) is 5.02. The molecule has 7 heteroatoms. The van der Waals surface area contributed by atoms with Crippen molar-refractivity contribution in [2.24, 2.45) is 0 Å². The van der Waals surface area contributed by atoms with E-state index in [9.17, 15) is 9.59 Å². The van der Waals surface area contributed by atoms with Gasteiger partial charge < -0.3 is 19.5 Å². The molecule has 6 nitrogen and oxygen atoms in total. The number of carbonyl (C=O) groups excluding carboxylic acids is 1. The van der Waals surface area contributed by atoms with E-state index in [0.29, 0.717) is 21.9 Å². The normalized spacial score (nSPS) is 15.0. The zero-order valence-electron chi connectivity index (χ0n) is 15.6. The second kappa shape index (κ2) is 7.61. The molecule has 2 aromatic heterocycles. The molecule has 0 bridgehead atoms. The number of nitrogens with one attached hydrogen (secondary N) is 1. The second-order valence-corrected chi connectivity index (χ2v) is 7.70. The molecule has 4 rings (SSSR count). The molecule has 1 aliphatic rings. The molecule has 0 atom stereocenters. The van der Waals surface area contributed by atoms with Crippen LogP contribution in [0.2, 0.25) is 0 Å². The molecule has 1 amide bonds. The zero-order valence-corrected chi connectivity index (χ0v) is 16.4. The van der Waals surface area contributed by atoms with E-state index in [2.05, 4.69) is 28.7 Å². The van der Waals surface area contributed by atoms with Crippen LogP contribution in [0.3, 0.4) is 0 Å². The molecule has 28 heavy (non-hydrogen) atoms. The lowest BCUT2D eigenvalue weighted by Crippen LogP contribution is -2.44. The van der Waals surface area contributed by atoms with Crippen LogP contribution in [0.1, 0.15) is 0 Å². The first kappa shape index (κ1) is 18.5. The molecule has 0 unspecified atom stereocenters. The standard InChI is InChI=1S/C21H21N3O3S/c1-3-18(26)22-15-6-4-5-14(11-15)16-13-28-21-17(25)12-19(27-20(16)21)24-9-7-23(2)8-10-24/h3-6,11-13H,1,7-10H2,2H3,(H,22,26). The number of anilines is 2. The number of benzene rings is 1. The first-order chi connectivity index (χ1) is 13.5. The fraction of sp³-hybridized carbons (Fsp3) is 0.238. The monoisotopic (exact) mass is 395 g/mol. The molecule has 1 aliphatic heterocycles. The van der Waals surface area contributed by atoms with Crippen LogP contribution in [-0.4, -0.2) is 44.0 Å². The number of hydrogen-bond donors (Lipinski definition) is 1. The minimum atomic E-state index is -0.267. The number of fused-ring (bicyclic) bond motifs is 1. The zero-order chi connectivity index (χ0) is 19.7. The van der Waals surface area contributed by atoms with Gasteiger partial charge in [0.2, 0.25) is 11.3 Å². The van der Waals surface area contributed by atoms with Crippen LogP contribution in [0, 0.1) is 0 Å². The first-order valence-electron chi connectivity index (χ1n) is 9.08. The molecule has 144 valence electrons. The minimum Gasteiger partial charge on any atom is -0.439 e. The van der Waals surface area contributed by atoms with Crippen molar-refractivity contribution < 1.29 is 9.21 Å². The number of rotatable bonds is 4. The SMILES string of the molecule is C=CC(=O)Nc1cccc(-c2csc3c(=O)cc(N4CCN(C)CC4)oc23)c1. The number of hydrogen-bond acceptors (Lipinski definition) is 6. The molecule has 0 aliphatic carbocycles. The van der Waals surface area contributed by atoms with Crippen LogP contribution >= 0.6 is 11.3 Å². The molecule has 0 radical (unpaired) electrons. The van der Waals surface area contributed by atoms with Gasteiger partial charge in [0.05, 0.1) is 0 Å². The van der Waals surface area contributed by atoms with E-state index in [1.54, 1.807) is 6.07 Å².